The molecule has 0 amide bonds. The minimum Gasteiger partial charge on any atom is -0.345 e. The van der Waals surface area contributed by atoms with E-state index < -0.39 is 0 Å². The highest BCUT2D eigenvalue weighted by molar-refractivity contribution is 5.96. The molecule has 0 unspecified atom stereocenters. The number of carbonyl (C=O) groups excluding carboxylic acids is 1. The third-order valence-electron chi connectivity index (χ3n) is 3.28. The molecule has 0 aliphatic carbocycles. The number of hydrogen-bond donors (Lipinski definition) is 0. The van der Waals surface area contributed by atoms with Crippen molar-refractivity contribution in [3.05, 3.63) is 54.0 Å². The van der Waals surface area contributed by atoms with E-state index in [1.807, 2.05) is 54.5 Å². The van der Waals surface area contributed by atoms with Gasteiger partial charge in [0.15, 0.2) is 6.29 Å². The first-order valence-electron chi connectivity index (χ1n) is 6.30. The van der Waals surface area contributed by atoms with Crippen molar-refractivity contribution < 1.29 is 4.79 Å². The Morgan fingerprint density at radius 2 is 2.16 bits per heavy atom. The number of carbonyl (C=O) groups is 1. The van der Waals surface area contributed by atoms with E-state index in [1.165, 1.54) is 0 Å². The molecule has 4 nitrogen and oxygen atoms in total. The van der Waals surface area contributed by atoms with Crippen molar-refractivity contribution in [1.29, 1.82) is 0 Å². The van der Waals surface area contributed by atoms with Crippen LogP contribution in [-0.4, -0.2) is 20.6 Å². The van der Waals surface area contributed by atoms with Gasteiger partial charge in [0.05, 0.1) is 18.3 Å². The number of para-hydroxylation sites is 1. The lowest BCUT2D eigenvalue weighted by atomic mass is 10.1. The first-order valence-corrected chi connectivity index (χ1v) is 6.30. The van der Waals surface area contributed by atoms with Crippen LogP contribution >= 0.6 is 0 Å². The topological polar surface area (TPSA) is 39.8 Å². The molecular formula is C15H15N3O. The highest BCUT2D eigenvalue weighted by atomic mass is 16.1. The number of aldehydes is 1. The summed E-state index contributed by atoms with van der Waals surface area (Å²) in [4.78, 5) is 11.1. The van der Waals surface area contributed by atoms with Gasteiger partial charge in [0, 0.05) is 29.9 Å². The second kappa shape index (κ2) is 4.72. The standard InChI is InChI=1S/C15H15N3O/c1-12-9-16-18(10-12)8-7-17-6-5-13-3-2-4-14(11-19)15(13)17/h2-6,9-11H,7-8H2,1H3. The number of benzene rings is 1. The third kappa shape index (κ3) is 2.17. The molecule has 4 heteroatoms. The van der Waals surface area contributed by atoms with Crippen molar-refractivity contribution >= 4 is 17.2 Å². The molecule has 0 aliphatic rings. The second-order valence-corrected chi connectivity index (χ2v) is 4.69. The zero-order chi connectivity index (χ0) is 13.2. The summed E-state index contributed by atoms with van der Waals surface area (Å²) in [6.07, 6.45) is 6.81. The Morgan fingerprint density at radius 3 is 2.89 bits per heavy atom. The van der Waals surface area contributed by atoms with Gasteiger partial charge in [-0.1, -0.05) is 12.1 Å². The van der Waals surface area contributed by atoms with Crippen LogP contribution in [0.1, 0.15) is 15.9 Å². The molecule has 0 bridgehead atoms. The zero-order valence-electron chi connectivity index (χ0n) is 10.8. The minimum absolute atomic E-state index is 0.735. The van der Waals surface area contributed by atoms with E-state index in [-0.39, 0.29) is 0 Å². The summed E-state index contributed by atoms with van der Waals surface area (Å²) < 4.78 is 4.03. The smallest absolute Gasteiger partial charge is 0.152 e. The summed E-state index contributed by atoms with van der Waals surface area (Å²) in [6.45, 7) is 3.62. The van der Waals surface area contributed by atoms with Gasteiger partial charge >= 0.3 is 0 Å². The largest absolute Gasteiger partial charge is 0.345 e. The maximum absolute atomic E-state index is 11.1. The molecule has 19 heavy (non-hydrogen) atoms. The first-order chi connectivity index (χ1) is 9.28. The Balaban J connectivity index is 1.90. The molecular weight excluding hydrogens is 238 g/mol. The van der Waals surface area contributed by atoms with Crippen molar-refractivity contribution in [3.63, 3.8) is 0 Å². The van der Waals surface area contributed by atoms with Gasteiger partial charge in [-0.15, -0.1) is 0 Å². The second-order valence-electron chi connectivity index (χ2n) is 4.69. The van der Waals surface area contributed by atoms with E-state index in [4.69, 9.17) is 0 Å². The molecule has 96 valence electrons. The molecule has 3 rings (SSSR count). The van der Waals surface area contributed by atoms with Gasteiger partial charge in [-0.25, -0.2) is 0 Å². The van der Waals surface area contributed by atoms with Crippen LogP contribution in [0.15, 0.2) is 42.9 Å². The van der Waals surface area contributed by atoms with Gasteiger partial charge in [0.2, 0.25) is 0 Å². The van der Waals surface area contributed by atoms with E-state index >= 15 is 0 Å². The SMILES string of the molecule is Cc1cnn(CCn2ccc3cccc(C=O)c32)c1. The van der Waals surface area contributed by atoms with Crippen LogP contribution in [0.3, 0.4) is 0 Å². The van der Waals surface area contributed by atoms with Crippen LogP contribution in [0.5, 0.6) is 0 Å². The monoisotopic (exact) mass is 253 g/mol. The van der Waals surface area contributed by atoms with Crippen molar-refractivity contribution in [2.45, 2.75) is 20.0 Å². The summed E-state index contributed by atoms with van der Waals surface area (Å²) in [5.41, 5.74) is 2.89. The number of nitrogens with zero attached hydrogens (tertiary/aromatic N) is 3. The van der Waals surface area contributed by atoms with Gasteiger partial charge in [0.1, 0.15) is 0 Å². The fourth-order valence-electron chi connectivity index (χ4n) is 2.37. The lowest BCUT2D eigenvalue weighted by Crippen LogP contribution is -2.07. The Labute approximate surface area is 111 Å². The summed E-state index contributed by atoms with van der Waals surface area (Å²) in [5.74, 6) is 0. The average Bonchev–Trinajstić information content (AvgIpc) is 3.02. The molecule has 1 aromatic carbocycles. The van der Waals surface area contributed by atoms with Crippen molar-refractivity contribution in [3.8, 4) is 0 Å². The molecule has 0 radical (unpaired) electrons. The molecule has 0 saturated heterocycles. The first kappa shape index (κ1) is 11.7. The predicted octanol–water partition coefficient (Wildman–Crippen LogP) is 2.66. The van der Waals surface area contributed by atoms with Crippen LogP contribution < -0.4 is 0 Å². The Bertz CT molecular complexity index is 724. The van der Waals surface area contributed by atoms with E-state index in [2.05, 4.69) is 9.67 Å². The lowest BCUT2D eigenvalue weighted by molar-refractivity contribution is 0.112. The zero-order valence-corrected chi connectivity index (χ0v) is 10.8. The van der Waals surface area contributed by atoms with Crippen LogP contribution in [-0.2, 0) is 13.1 Å². The number of hydrogen-bond acceptors (Lipinski definition) is 2. The lowest BCUT2D eigenvalue weighted by Gasteiger charge is -2.07. The fraction of sp³-hybridized carbons (Fsp3) is 0.200. The predicted molar refractivity (Wildman–Crippen MR) is 74.3 cm³/mol. The van der Waals surface area contributed by atoms with Crippen molar-refractivity contribution in [1.82, 2.24) is 14.3 Å². The highest BCUT2D eigenvalue weighted by Gasteiger charge is 2.06. The number of aromatic nitrogens is 3. The number of fused-ring (bicyclic) bond motifs is 1. The fourth-order valence-corrected chi connectivity index (χ4v) is 2.37. The van der Waals surface area contributed by atoms with Crippen molar-refractivity contribution in [2.24, 2.45) is 0 Å². The van der Waals surface area contributed by atoms with Gasteiger partial charge in [0.25, 0.3) is 0 Å². The van der Waals surface area contributed by atoms with Gasteiger partial charge < -0.3 is 4.57 Å². The van der Waals surface area contributed by atoms with E-state index in [1.54, 1.807) is 0 Å². The maximum atomic E-state index is 11.1. The molecule has 0 N–H and O–H groups in total. The van der Waals surface area contributed by atoms with E-state index in [0.29, 0.717) is 0 Å². The maximum Gasteiger partial charge on any atom is 0.152 e. The molecule has 0 aliphatic heterocycles. The van der Waals surface area contributed by atoms with E-state index in [0.717, 1.165) is 41.4 Å². The van der Waals surface area contributed by atoms with Crippen LogP contribution in [0, 0.1) is 6.92 Å². The Hall–Kier alpha value is -2.36. The molecule has 0 atom stereocenters. The van der Waals surface area contributed by atoms with Crippen LogP contribution in [0.4, 0.5) is 0 Å². The highest BCUT2D eigenvalue weighted by Crippen LogP contribution is 2.19. The molecule has 2 heterocycles. The van der Waals surface area contributed by atoms with Gasteiger partial charge in [-0.3, -0.25) is 9.48 Å². The van der Waals surface area contributed by atoms with Gasteiger partial charge in [-0.2, -0.15) is 5.10 Å². The summed E-state index contributed by atoms with van der Waals surface area (Å²) in [5, 5.41) is 5.37. The third-order valence-corrected chi connectivity index (χ3v) is 3.28. The molecule has 0 saturated carbocycles. The molecule has 3 aromatic rings. The van der Waals surface area contributed by atoms with Crippen LogP contribution in [0.2, 0.25) is 0 Å². The molecule has 0 spiro atoms. The number of aryl methyl sites for hydroxylation is 3. The molecule has 2 aromatic heterocycles. The quantitative estimate of drug-likeness (QED) is 0.671. The average molecular weight is 253 g/mol. The van der Waals surface area contributed by atoms with Crippen LogP contribution in [0.25, 0.3) is 10.9 Å². The van der Waals surface area contributed by atoms with Gasteiger partial charge in [-0.05, 0) is 24.6 Å². The molecule has 0 fully saturated rings. The van der Waals surface area contributed by atoms with E-state index in [9.17, 15) is 4.79 Å². The summed E-state index contributed by atoms with van der Waals surface area (Å²) in [7, 11) is 0. The Morgan fingerprint density at radius 1 is 1.26 bits per heavy atom. The summed E-state index contributed by atoms with van der Waals surface area (Å²) >= 11 is 0. The normalized spacial score (nSPS) is 11.0. The van der Waals surface area contributed by atoms with Crippen molar-refractivity contribution in [2.75, 3.05) is 0 Å². The Kier molecular flexibility index (Phi) is 2.91. The minimum atomic E-state index is 0.735. The number of rotatable bonds is 4. The summed E-state index contributed by atoms with van der Waals surface area (Å²) in [6, 6.07) is 7.82.